The number of halogens is 5. The number of fused-ring (bicyclic) bond motifs is 1. The molecule has 9 heteroatoms. The van der Waals surface area contributed by atoms with Gasteiger partial charge in [-0.3, -0.25) is 4.79 Å². The average molecular weight is 468 g/mol. The Kier molecular flexibility index (Phi) is 5.40. The molecule has 0 atom stereocenters. The molecular formula is C23H22ClF4N3O. The Labute approximate surface area is 188 Å². The third kappa shape index (κ3) is 3.60. The number of amides is 1. The van der Waals surface area contributed by atoms with Gasteiger partial charge in [0.1, 0.15) is 11.4 Å². The Balaban J connectivity index is 1.72. The van der Waals surface area contributed by atoms with Gasteiger partial charge in [-0.25, -0.2) is 4.39 Å². The topological polar surface area (TPSA) is 30.2 Å². The summed E-state index contributed by atoms with van der Waals surface area (Å²) in [5.41, 5.74) is 0.279. The Morgan fingerprint density at radius 3 is 2.34 bits per heavy atom. The van der Waals surface area contributed by atoms with Crippen LogP contribution in [0.5, 0.6) is 0 Å². The van der Waals surface area contributed by atoms with Gasteiger partial charge in [0.2, 0.25) is 0 Å². The highest BCUT2D eigenvalue weighted by molar-refractivity contribution is 6.32. The van der Waals surface area contributed by atoms with Crippen molar-refractivity contribution in [3.05, 3.63) is 70.5 Å². The number of aromatic nitrogens is 2. The largest absolute Gasteiger partial charge is 0.419 e. The number of nitrogens with zero attached hydrogens (tertiary/aromatic N) is 3. The second-order valence-corrected chi connectivity index (χ2v) is 8.80. The first-order valence-electron chi connectivity index (χ1n) is 10.2. The quantitative estimate of drug-likeness (QED) is 0.427. The first-order valence-corrected chi connectivity index (χ1v) is 10.5. The van der Waals surface area contributed by atoms with Crippen molar-refractivity contribution in [3.8, 4) is 5.69 Å². The molecule has 4 nitrogen and oxygen atoms in total. The Morgan fingerprint density at radius 2 is 1.75 bits per heavy atom. The lowest BCUT2D eigenvalue weighted by Crippen LogP contribution is -2.49. The van der Waals surface area contributed by atoms with Crippen LogP contribution in [0.25, 0.3) is 5.69 Å². The Morgan fingerprint density at radius 1 is 1.09 bits per heavy atom. The number of hydrogen-bond acceptors (Lipinski definition) is 1. The number of hydrogen-bond donors (Lipinski definition) is 0. The SMILES string of the molecule is Cc1c(Cl)c(C(F)(F)F)cn1C(C)(C)C(=O)N1CCCc2c1ccn2-c1ccc(F)cc1. The maximum Gasteiger partial charge on any atom is 0.419 e. The van der Waals surface area contributed by atoms with Gasteiger partial charge in [0.25, 0.3) is 5.91 Å². The molecule has 0 aliphatic carbocycles. The van der Waals surface area contributed by atoms with E-state index in [1.54, 1.807) is 30.9 Å². The van der Waals surface area contributed by atoms with Crippen LogP contribution in [0.15, 0.2) is 42.7 Å². The van der Waals surface area contributed by atoms with Crippen molar-refractivity contribution >= 4 is 23.2 Å². The Hall–Kier alpha value is -2.74. The maximum absolute atomic E-state index is 13.6. The molecule has 1 aliphatic heterocycles. The minimum absolute atomic E-state index is 0.179. The molecule has 170 valence electrons. The van der Waals surface area contributed by atoms with E-state index in [2.05, 4.69) is 0 Å². The van der Waals surface area contributed by atoms with Gasteiger partial charge >= 0.3 is 6.18 Å². The van der Waals surface area contributed by atoms with Crippen LogP contribution in [0, 0.1) is 12.7 Å². The summed E-state index contributed by atoms with van der Waals surface area (Å²) in [5.74, 6) is -0.675. The molecule has 1 aromatic carbocycles. The molecule has 0 spiro atoms. The van der Waals surface area contributed by atoms with E-state index in [4.69, 9.17) is 11.6 Å². The third-order valence-corrected chi connectivity index (χ3v) is 6.49. The fourth-order valence-corrected chi connectivity index (χ4v) is 4.57. The van der Waals surface area contributed by atoms with E-state index in [0.717, 1.165) is 24.0 Å². The second kappa shape index (κ2) is 7.69. The van der Waals surface area contributed by atoms with Crippen molar-refractivity contribution in [1.82, 2.24) is 9.13 Å². The molecule has 4 rings (SSSR count). The van der Waals surface area contributed by atoms with Crippen molar-refractivity contribution in [1.29, 1.82) is 0 Å². The molecule has 0 saturated heterocycles. The second-order valence-electron chi connectivity index (χ2n) is 8.42. The van der Waals surface area contributed by atoms with Crippen molar-refractivity contribution in [2.75, 3.05) is 11.4 Å². The van der Waals surface area contributed by atoms with Gasteiger partial charge in [-0.15, -0.1) is 0 Å². The number of carbonyl (C=O) groups is 1. The summed E-state index contributed by atoms with van der Waals surface area (Å²) in [6.07, 6.45) is -0.479. The highest BCUT2D eigenvalue weighted by Crippen LogP contribution is 2.40. The minimum atomic E-state index is -4.61. The number of carbonyl (C=O) groups excluding carboxylic acids is 1. The van der Waals surface area contributed by atoms with Gasteiger partial charge in [-0.05, 0) is 63.9 Å². The lowest BCUT2D eigenvalue weighted by atomic mass is 9.99. The number of alkyl halides is 3. The lowest BCUT2D eigenvalue weighted by molar-refractivity contribution is -0.137. The molecule has 0 saturated carbocycles. The summed E-state index contributed by atoms with van der Waals surface area (Å²) in [5, 5.41) is -0.403. The van der Waals surface area contributed by atoms with E-state index in [-0.39, 0.29) is 17.4 Å². The van der Waals surface area contributed by atoms with Crippen molar-refractivity contribution in [2.24, 2.45) is 0 Å². The molecule has 3 aromatic rings. The molecule has 3 heterocycles. The zero-order chi connectivity index (χ0) is 23.4. The highest BCUT2D eigenvalue weighted by atomic mass is 35.5. The van der Waals surface area contributed by atoms with Crippen LogP contribution in [0.1, 0.15) is 37.2 Å². The molecule has 1 aliphatic rings. The molecule has 0 radical (unpaired) electrons. The predicted octanol–water partition coefficient (Wildman–Crippen LogP) is 6.11. The smallest absolute Gasteiger partial charge is 0.335 e. The van der Waals surface area contributed by atoms with Gasteiger partial charge in [0, 0.05) is 36.0 Å². The molecule has 2 aromatic heterocycles. The standard InChI is InChI=1S/C23H22ClF4N3O/c1-14-20(24)17(23(26,27)28)13-31(14)22(2,3)21(32)30-11-4-5-18-19(30)10-12-29(18)16-8-6-15(25)7-9-16/h6-10,12-13H,4-5,11H2,1-3H3. The highest BCUT2D eigenvalue weighted by Gasteiger charge is 2.42. The minimum Gasteiger partial charge on any atom is -0.335 e. The van der Waals surface area contributed by atoms with Crippen molar-refractivity contribution in [3.63, 3.8) is 0 Å². The molecule has 0 fully saturated rings. The molecule has 32 heavy (non-hydrogen) atoms. The van der Waals surface area contributed by atoms with Gasteiger partial charge < -0.3 is 14.0 Å². The summed E-state index contributed by atoms with van der Waals surface area (Å²) in [7, 11) is 0. The zero-order valence-electron chi connectivity index (χ0n) is 17.8. The van der Waals surface area contributed by atoms with E-state index in [1.165, 1.54) is 23.6 Å². The van der Waals surface area contributed by atoms with Crippen molar-refractivity contribution < 1.29 is 22.4 Å². The molecular weight excluding hydrogens is 446 g/mol. The van der Waals surface area contributed by atoms with Crippen LogP contribution in [-0.2, 0) is 22.9 Å². The molecule has 1 amide bonds. The maximum atomic E-state index is 13.6. The third-order valence-electron chi connectivity index (χ3n) is 6.01. The average Bonchev–Trinajstić information content (AvgIpc) is 3.29. The molecule has 0 bridgehead atoms. The fraction of sp³-hybridized carbons (Fsp3) is 0.348. The van der Waals surface area contributed by atoms with Gasteiger partial charge in [0.15, 0.2) is 0 Å². The van der Waals surface area contributed by atoms with Crippen LogP contribution in [0.3, 0.4) is 0 Å². The summed E-state index contributed by atoms with van der Waals surface area (Å²) < 4.78 is 56.6. The van der Waals surface area contributed by atoms with Gasteiger partial charge in [0.05, 0.1) is 16.3 Å². The van der Waals surface area contributed by atoms with Crippen LogP contribution in [0.4, 0.5) is 23.2 Å². The van der Waals surface area contributed by atoms with Crippen LogP contribution in [0.2, 0.25) is 5.02 Å². The monoisotopic (exact) mass is 467 g/mol. The number of rotatable bonds is 3. The van der Waals surface area contributed by atoms with Crippen LogP contribution >= 0.6 is 11.6 Å². The summed E-state index contributed by atoms with van der Waals surface area (Å²) >= 11 is 5.96. The lowest BCUT2D eigenvalue weighted by Gasteiger charge is -2.36. The van der Waals surface area contributed by atoms with E-state index < -0.39 is 22.3 Å². The molecule has 0 N–H and O–H groups in total. The normalized spacial score (nSPS) is 14.6. The van der Waals surface area contributed by atoms with Gasteiger partial charge in [-0.2, -0.15) is 13.2 Å². The number of anilines is 1. The van der Waals surface area contributed by atoms with Crippen LogP contribution < -0.4 is 4.90 Å². The first-order chi connectivity index (χ1) is 14.9. The summed E-state index contributed by atoms with van der Waals surface area (Å²) in [4.78, 5) is 15.2. The van der Waals surface area contributed by atoms with E-state index >= 15 is 0 Å². The van der Waals surface area contributed by atoms with Crippen LogP contribution in [-0.4, -0.2) is 21.6 Å². The number of benzene rings is 1. The van der Waals surface area contributed by atoms with E-state index in [0.29, 0.717) is 18.7 Å². The zero-order valence-corrected chi connectivity index (χ0v) is 18.6. The van der Waals surface area contributed by atoms with Gasteiger partial charge in [-0.1, -0.05) is 11.6 Å². The first kappa shape index (κ1) is 22.5. The van der Waals surface area contributed by atoms with Crippen molar-refractivity contribution in [2.45, 2.75) is 45.3 Å². The summed E-state index contributed by atoms with van der Waals surface area (Å²) in [6, 6.07) is 7.86. The summed E-state index contributed by atoms with van der Waals surface area (Å²) in [6.45, 7) is 5.09. The predicted molar refractivity (Wildman–Crippen MR) is 115 cm³/mol. The molecule has 0 unspecified atom stereocenters. The fourth-order valence-electron chi connectivity index (χ4n) is 4.32. The van der Waals surface area contributed by atoms with E-state index in [1.807, 2.05) is 16.8 Å². The van der Waals surface area contributed by atoms with E-state index in [9.17, 15) is 22.4 Å². The Bertz CT molecular complexity index is 1180.